The Balaban J connectivity index is 2.09. The third kappa shape index (κ3) is 2.39. The highest BCUT2D eigenvalue weighted by atomic mass is 16.3. The maximum Gasteiger partial charge on any atom is 0.134 e. The SMILES string of the molecule is CC[C@H](C)NCc1cc2ccccc2o1. The third-order valence-corrected chi connectivity index (χ3v) is 2.71. The minimum absolute atomic E-state index is 0.540. The molecule has 15 heavy (non-hydrogen) atoms. The van der Waals surface area contributed by atoms with Gasteiger partial charge in [-0.2, -0.15) is 0 Å². The lowest BCUT2D eigenvalue weighted by Crippen LogP contribution is -2.24. The van der Waals surface area contributed by atoms with E-state index in [4.69, 9.17) is 4.42 Å². The van der Waals surface area contributed by atoms with E-state index < -0.39 is 0 Å². The highest BCUT2D eigenvalue weighted by molar-refractivity contribution is 5.77. The van der Waals surface area contributed by atoms with Gasteiger partial charge >= 0.3 is 0 Å². The highest BCUT2D eigenvalue weighted by Crippen LogP contribution is 2.18. The zero-order valence-corrected chi connectivity index (χ0v) is 9.29. The number of nitrogens with one attached hydrogen (secondary N) is 1. The molecule has 1 aromatic carbocycles. The van der Waals surface area contributed by atoms with E-state index in [1.165, 1.54) is 5.39 Å². The number of furan rings is 1. The number of hydrogen-bond donors (Lipinski definition) is 1. The van der Waals surface area contributed by atoms with E-state index >= 15 is 0 Å². The predicted octanol–water partition coefficient (Wildman–Crippen LogP) is 3.32. The van der Waals surface area contributed by atoms with Crippen LogP contribution in [0.15, 0.2) is 34.7 Å². The van der Waals surface area contributed by atoms with Gasteiger partial charge in [0.05, 0.1) is 6.54 Å². The lowest BCUT2D eigenvalue weighted by atomic mass is 10.2. The minimum Gasteiger partial charge on any atom is -0.460 e. The largest absolute Gasteiger partial charge is 0.460 e. The summed E-state index contributed by atoms with van der Waals surface area (Å²) in [6.45, 7) is 5.17. The second kappa shape index (κ2) is 4.49. The molecule has 0 radical (unpaired) electrons. The number of benzene rings is 1. The molecule has 1 heterocycles. The van der Waals surface area contributed by atoms with Gasteiger partial charge in [-0.3, -0.25) is 0 Å². The summed E-state index contributed by atoms with van der Waals surface area (Å²) >= 11 is 0. The van der Waals surface area contributed by atoms with E-state index in [1.807, 2.05) is 18.2 Å². The second-order valence-electron chi connectivity index (χ2n) is 3.94. The van der Waals surface area contributed by atoms with Crippen molar-refractivity contribution < 1.29 is 4.42 Å². The van der Waals surface area contributed by atoms with Crippen molar-refractivity contribution in [1.29, 1.82) is 0 Å². The Morgan fingerprint density at radius 2 is 2.13 bits per heavy atom. The molecule has 0 saturated heterocycles. The fourth-order valence-electron chi connectivity index (χ4n) is 1.54. The summed E-state index contributed by atoms with van der Waals surface area (Å²) in [5.74, 6) is 1.01. The Morgan fingerprint density at radius 3 is 2.87 bits per heavy atom. The van der Waals surface area contributed by atoms with Gasteiger partial charge in [0.2, 0.25) is 0 Å². The van der Waals surface area contributed by atoms with Gasteiger partial charge in [0.25, 0.3) is 0 Å². The summed E-state index contributed by atoms with van der Waals surface area (Å²) in [6.07, 6.45) is 1.14. The molecule has 2 nitrogen and oxygen atoms in total. The lowest BCUT2D eigenvalue weighted by Gasteiger charge is -2.08. The van der Waals surface area contributed by atoms with Gasteiger partial charge in [-0.05, 0) is 25.5 Å². The van der Waals surface area contributed by atoms with Crippen LogP contribution in [0.25, 0.3) is 11.0 Å². The Bertz CT molecular complexity index is 400. The molecule has 0 aliphatic carbocycles. The van der Waals surface area contributed by atoms with Gasteiger partial charge in [0.1, 0.15) is 11.3 Å². The first-order valence-electron chi connectivity index (χ1n) is 5.50. The number of hydrogen-bond acceptors (Lipinski definition) is 2. The van der Waals surface area contributed by atoms with Gasteiger partial charge in [-0.25, -0.2) is 0 Å². The molecule has 0 saturated carbocycles. The van der Waals surface area contributed by atoms with E-state index in [2.05, 4.69) is 31.3 Å². The standard InChI is InChI=1S/C13H17NO/c1-3-10(2)14-9-12-8-11-6-4-5-7-13(11)15-12/h4-8,10,14H,3,9H2,1-2H3/t10-/m0/s1. The van der Waals surface area contributed by atoms with Crippen LogP contribution in [0.2, 0.25) is 0 Å². The maximum atomic E-state index is 5.70. The molecular formula is C13H17NO. The molecule has 0 aliphatic heterocycles. The quantitative estimate of drug-likeness (QED) is 0.824. The van der Waals surface area contributed by atoms with Crippen LogP contribution in [0, 0.1) is 0 Å². The van der Waals surface area contributed by atoms with E-state index in [0.29, 0.717) is 6.04 Å². The van der Waals surface area contributed by atoms with Crippen LogP contribution in [-0.4, -0.2) is 6.04 Å². The molecule has 1 atom stereocenters. The van der Waals surface area contributed by atoms with Crippen LogP contribution in [-0.2, 0) is 6.54 Å². The van der Waals surface area contributed by atoms with Crippen molar-refractivity contribution in [1.82, 2.24) is 5.32 Å². The monoisotopic (exact) mass is 203 g/mol. The molecule has 1 N–H and O–H groups in total. The molecule has 1 aromatic heterocycles. The average molecular weight is 203 g/mol. The first-order chi connectivity index (χ1) is 7.29. The molecule has 0 spiro atoms. The van der Waals surface area contributed by atoms with Crippen molar-refractivity contribution in [2.45, 2.75) is 32.9 Å². The van der Waals surface area contributed by atoms with Crippen molar-refractivity contribution in [2.24, 2.45) is 0 Å². The molecule has 2 rings (SSSR count). The highest BCUT2D eigenvalue weighted by Gasteiger charge is 2.03. The van der Waals surface area contributed by atoms with Crippen LogP contribution in [0.1, 0.15) is 26.0 Å². The molecule has 2 heteroatoms. The molecule has 0 aliphatic rings. The van der Waals surface area contributed by atoms with Crippen LogP contribution in [0.5, 0.6) is 0 Å². The van der Waals surface area contributed by atoms with Gasteiger partial charge in [0, 0.05) is 11.4 Å². The summed E-state index contributed by atoms with van der Waals surface area (Å²) in [6, 6.07) is 10.7. The maximum absolute atomic E-state index is 5.70. The summed E-state index contributed by atoms with van der Waals surface area (Å²) in [5.41, 5.74) is 0.971. The van der Waals surface area contributed by atoms with Crippen LogP contribution < -0.4 is 5.32 Å². The van der Waals surface area contributed by atoms with Gasteiger partial charge in [-0.15, -0.1) is 0 Å². The van der Waals surface area contributed by atoms with Gasteiger partial charge in [0.15, 0.2) is 0 Å². The molecule has 0 amide bonds. The zero-order valence-electron chi connectivity index (χ0n) is 9.29. The molecule has 0 bridgehead atoms. The second-order valence-corrected chi connectivity index (χ2v) is 3.94. The summed E-state index contributed by atoms with van der Waals surface area (Å²) in [4.78, 5) is 0. The lowest BCUT2D eigenvalue weighted by molar-refractivity contribution is 0.468. The van der Waals surface area contributed by atoms with E-state index in [-0.39, 0.29) is 0 Å². The minimum atomic E-state index is 0.540. The third-order valence-electron chi connectivity index (χ3n) is 2.71. The summed E-state index contributed by atoms with van der Waals surface area (Å²) in [5, 5.41) is 4.59. The van der Waals surface area contributed by atoms with Gasteiger partial charge in [-0.1, -0.05) is 25.1 Å². The Labute approximate surface area is 90.3 Å². The molecule has 2 aromatic rings. The van der Waals surface area contributed by atoms with E-state index in [1.54, 1.807) is 0 Å². The summed E-state index contributed by atoms with van der Waals surface area (Å²) in [7, 11) is 0. The van der Waals surface area contributed by atoms with Gasteiger partial charge < -0.3 is 9.73 Å². The fraction of sp³-hybridized carbons (Fsp3) is 0.385. The van der Waals surface area contributed by atoms with Crippen molar-refractivity contribution >= 4 is 11.0 Å². The fourth-order valence-corrected chi connectivity index (χ4v) is 1.54. The molecule has 80 valence electrons. The average Bonchev–Trinajstić information content (AvgIpc) is 2.68. The van der Waals surface area contributed by atoms with Crippen molar-refractivity contribution in [3.05, 3.63) is 36.1 Å². The molecule has 0 fully saturated rings. The Hall–Kier alpha value is -1.28. The van der Waals surface area contributed by atoms with Crippen molar-refractivity contribution in [3.8, 4) is 0 Å². The molecular weight excluding hydrogens is 186 g/mol. The molecule has 0 unspecified atom stereocenters. The zero-order chi connectivity index (χ0) is 10.7. The van der Waals surface area contributed by atoms with Crippen LogP contribution >= 0.6 is 0 Å². The predicted molar refractivity (Wildman–Crippen MR) is 62.8 cm³/mol. The number of rotatable bonds is 4. The van der Waals surface area contributed by atoms with E-state index in [9.17, 15) is 0 Å². The normalized spacial score (nSPS) is 13.2. The van der Waals surface area contributed by atoms with Crippen molar-refractivity contribution in [3.63, 3.8) is 0 Å². The van der Waals surface area contributed by atoms with Crippen LogP contribution in [0.4, 0.5) is 0 Å². The number of fused-ring (bicyclic) bond motifs is 1. The Morgan fingerprint density at radius 1 is 1.33 bits per heavy atom. The topological polar surface area (TPSA) is 25.2 Å². The first kappa shape index (κ1) is 10.2. The van der Waals surface area contributed by atoms with Crippen molar-refractivity contribution in [2.75, 3.05) is 0 Å². The van der Waals surface area contributed by atoms with Crippen LogP contribution in [0.3, 0.4) is 0 Å². The Kier molecular flexibility index (Phi) is 3.07. The van der Waals surface area contributed by atoms with E-state index in [0.717, 1.165) is 24.3 Å². The smallest absolute Gasteiger partial charge is 0.134 e. The first-order valence-corrected chi connectivity index (χ1v) is 5.50. The summed E-state index contributed by atoms with van der Waals surface area (Å²) < 4.78 is 5.70. The number of para-hydroxylation sites is 1.